The topological polar surface area (TPSA) is 20.3 Å². The first kappa shape index (κ1) is 11.3. The maximum atomic E-state index is 12.8. The third-order valence-electron chi connectivity index (χ3n) is 2.59. The van der Waals surface area contributed by atoms with Crippen LogP contribution in [-0.2, 0) is 4.79 Å². The van der Waals surface area contributed by atoms with Gasteiger partial charge in [0.1, 0.15) is 5.82 Å². The number of hydrogen-bond acceptors (Lipinski definition) is 1. The number of rotatable bonds is 3. The van der Waals surface area contributed by atoms with Crippen LogP contribution in [0, 0.1) is 12.7 Å². The molecule has 3 heteroatoms. The number of hydrogen-bond donors (Lipinski definition) is 0. The molecule has 2 rings (SSSR count). The average Bonchev–Trinajstić information content (AvgIpc) is 2.35. The summed E-state index contributed by atoms with van der Waals surface area (Å²) >= 11 is 0. The van der Waals surface area contributed by atoms with Crippen molar-refractivity contribution in [2.45, 2.75) is 6.92 Å². The molecule has 0 saturated carbocycles. The second-order valence-corrected chi connectivity index (χ2v) is 3.74. The first-order valence-electron chi connectivity index (χ1n) is 5.28. The zero-order valence-electron chi connectivity index (χ0n) is 9.43. The Kier molecular flexibility index (Phi) is 3.19. The smallest absolute Gasteiger partial charge is 0.218 e. The summed E-state index contributed by atoms with van der Waals surface area (Å²) in [7, 11) is 0. The van der Waals surface area contributed by atoms with E-state index in [1.165, 1.54) is 17.0 Å². The van der Waals surface area contributed by atoms with Crippen molar-refractivity contribution in [3.8, 4) is 0 Å². The van der Waals surface area contributed by atoms with Gasteiger partial charge in [0.25, 0.3) is 0 Å². The summed E-state index contributed by atoms with van der Waals surface area (Å²) in [5.41, 5.74) is 2.44. The Labute approximate surface area is 99.3 Å². The van der Waals surface area contributed by atoms with Gasteiger partial charge in [-0.05, 0) is 42.8 Å². The third-order valence-corrected chi connectivity index (χ3v) is 2.59. The highest BCUT2D eigenvalue weighted by atomic mass is 19.1. The van der Waals surface area contributed by atoms with Gasteiger partial charge in [0, 0.05) is 5.69 Å². The van der Waals surface area contributed by atoms with Gasteiger partial charge >= 0.3 is 0 Å². The van der Waals surface area contributed by atoms with E-state index in [1.54, 1.807) is 12.1 Å². The molecule has 0 saturated heterocycles. The van der Waals surface area contributed by atoms with Gasteiger partial charge in [0.05, 0.1) is 5.69 Å². The molecule has 0 spiro atoms. The van der Waals surface area contributed by atoms with Crippen LogP contribution in [0.3, 0.4) is 0 Å². The molecule has 2 aromatic rings. The molecule has 0 N–H and O–H groups in total. The molecule has 0 fully saturated rings. The van der Waals surface area contributed by atoms with Gasteiger partial charge in [-0.25, -0.2) is 4.39 Å². The zero-order chi connectivity index (χ0) is 12.3. The first-order valence-corrected chi connectivity index (χ1v) is 5.28. The van der Waals surface area contributed by atoms with Crippen LogP contribution >= 0.6 is 0 Å². The van der Waals surface area contributed by atoms with E-state index >= 15 is 0 Å². The molecule has 0 aliphatic carbocycles. The molecular formula is C14H12FNO. The van der Waals surface area contributed by atoms with E-state index in [1.807, 2.05) is 31.2 Å². The molecule has 2 nitrogen and oxygen atoms in total. The molecule has 86 valence electrons. The van der Waals surface area contributed by atoms with Crippen molar-refractivity contribution in [1.82, 2.24) is 0 Å². The molecule has 0 bridgehead atoms. The van der Waals surface area contributed by atoms with E-state index in [9.17, 15) is 9.18 Å². The number of aryl methyl sites for hydroxylation is 1. The molecule has 0 aliphatic rings. The molecule has 0 atom stereocenters. The van der Waals surface area contributed by atoms with Gasteiger partial charge in [-0.3, -0.25) is 9.69 Å². The average molecular weight is 229 g/mol. The van der Waals surface area contributed by atoms with E-state index in [0.717, 1.165) is 17.7 Å². The first-order chi connectivity index (χ1) is 8.22. The van der Waals surface area contributed by atoms with Gasteiger partial charge in [0.2, 0.25) is 6.41 Å². The molecule has 1 amide bonds. The molecule has 2 aromatic carbocycles. The number of para-hydroxylation sites is 1. The fraction of sp³-hybridized carbons (Fsp3) is 0.0714. The van der Waals surface area contributed by atoms with Crippen LogP contribution in [0.2, 0.25) is 0 Å². The molecule has 0 heterocycles. The van der Waals surface area contributed by atoms with E-state index in [-0.39, 0.29) is 5.82 Å². The van der Waals surface area contributed by atoms with Gasteiger partial charge in [-0.2, -0.15) is 0 Å². The van der Waals surface area contributed by atoms with Crippen molar-refractivity contribution in [2.75, 3.05) is 4.90 Å². The lowest BCUT2D eigenvalue weighted by Gasteiger charge is -2.19. The summed E-state index contributed by atoms with van der Waals surface area (Å²) in [6, 6.07) is 13.4. The largest absolute Gasteiger partial charge is 0.283 e. The number of amides is 1. The summed E-state index contributed by atoms with van der Waals surface area (Å²) in [6.45, 7) is 1.93. The van der Waals surface area contributed by atoms with Gasteiger partial charge in [-0.15, -0.1) is 0 Å². The summed E-state index contributed by atoms with van der Waals surface area (Å²) in [4.78, 5) is 12.7. The Morgan fingerprint density at radius 1 is 1.06 bits per heavy atom. The van der Waals surface area contributed by atoms with Crippen LogP contribution in [0.4, 0.5) is 15.8 Å². The van der Waals surface area contributed by atoms with Gasteiger partial charge in [-0.1, -0.05) is 18.2 Å². The van der Waals surface area contributed by atoms with Crippen molar-refractivity contribution >= 4 is 17.8 Å². The minimum absolute atomic E-state index is 0.315. The van der Waals surface area contributed by atoms with Gasteiger partial charge in [0.15, 0.2) is 0 Å². The summed E-state index contributed by atoms with van der Waals surface area (Å²) in [5, 5.41) is 0. The molecule has 0 unspecified atom stereocenters. The number of anilines is 2. The fourth-order valence-electron chi connectivity index (χ4n) is 1.69. The standard InChI is InChI=1S/C14H12FNO/c1-11-4-2-3-5-14(11)16(10-17)13-8-6-12(15)7-9-13/h2-10H,1H3. The van der Waals surface area contributed by atoms with Crippen LogP contribution in [0.1, 0.15) is 5.56 Å². The fourth-order valence-corrected chi connectivity index (χ4v) is 1.69. The quantitative estimate of drug-likeness (QED) is 0.738. The molecule has 0 radical (unpaired) electrons. The maximum absolute atomic E-state index is 12.8. The lowest BCUT2D eigenvalue weighted by atomic mass is 10.1. The minimum atomic E-state index is -0.315. The second kappa shape index (κ2) is 4.78. The third kappa shape index (κ3) is 2.33. The second-order valence-electron chi connectivity index (χ2n) is 3.74. The van der Waals surface area contributed by atoms with Crippen molar-refractivity contribution in [2.24, 2.45) is 0 Å². The predicted molar refractivity (Wildman–Crippen MR) is 65.8 cm³/mol. The highest BCUT2D eigenvalue weighted by Crippen LogP contribution is 2.26. The van der Waals surface area contributed by atoms with Crippen molar-refractivity contribution in [3.63, 3.8) is 0 Å². The normalized spacial score (nSPS) is 10.0. The number of halogens is 1. The maximum Gasteiger partial charge on any atom is 0.218 e. The molecule has 0 aliphatic heterocycles. The Morgan fingerprint density at radius 3 is 2.29 bits per heavy atom. The van der Waals surface area contributed by atoms with Crippen LogP contribution in [0.5, 0.6) is 0 Å². The monoisotopic (exact) mass is 229 g/mol. The summed E-state index contributed by atoms with van der Waals surface area (Å²) in [5.74, 6) is -0.315. The lowest BCUT2D eigenvalue weighted by molar-refractivity contribution is -0.106. The molecule has 0 aromatic heterocycles. The summed E-state index contributed by atoms with van der Waals surface area (Å²) < 4.78 is 12.8. The Bertz CT molecular complexity index is 522. The number of carbonyl (C=O) groups is 1. The zero-order valence-corrected chi connectivity index (χ0v) is 9.43. The number of nitrogens with zero attached hydrogens (tertiary/aromatic N) is 1. The van der Waals surface area contributed by atoms with E-state index in [4.69, 9.17) is 0 Å². The van der Waals surface area contributed by atoms with Crippen molar-refractivity contribution < 1.29 is 9.18 Å². The van der Waals surface area contributed by atoms with Crippen molar-refractivity contribution in [3.05, 3.63) is 59.9 Å². The van der Waals surface area contributed by atoms with Crippen LogP contribution in [0.25, 0.3) is 0 Å². The Balaban J connectivity index is 2.44. The SMILES string of the molecule is Cc1ccccc1N(C=O)c1ccc(F)cc1. The van der Waals surface area contributed by atoms with Crippen molar-refractivity contribution in [1.29, 1.82) is 0 Å². The van der Waals surface area contributed by atoms with Gasteiger partial charge < -0.3 is 0 Å². The van der Waals surface area contributed by atoms with Crippen LogP contribution in [-0.4, -0.2) is 6.41 Å². The van der Waals surface area contributed by atoms with Crippen LogP contribution < -0.4 is 4.90 Å². The lowest BCUT2D eigenvalue weighted by Crippen LogP contribution is -2.15. The number of benzene rings is 2. The molecular weight excluding hydrogens is 217 g/mol. The Morgan fingerprint density at radius 2 is 1.71 bits per heavy atom. The van der Waals surface area contributed by atoms with E-state index < -0.39 is 0 Å². The molecule has 17 heavy (non-hydrogen) atoms. The highest BCUT2D eigenvalue weighted by molar-refractivity contribution is 5.87. The van der Waals surface area contributed by atoms with E-state index in [0.29, 0.717) is 5.69 Å². The summed E-state index contributed by atoms with van der Waals surface area (Å²) in [6.07, 6.45) is 0.732. The minimum Gasteiger partial charge on any atom is -0.283 e. The van der Waals surface area contributed by atoms with Crippen LogP contribution in [0.15, 0.2) is 48.5 Å². The predicted octanol–water partition coefficient (Wildman–Crippen LogP) is 3.43. The number of carbonyl (C=O) groups excluding carboxylic acids is 1. The Hall–Kier alpha value is -2.16. The van der Waals surface area contributed by atoms with E-state index in [2.05, 4.69) is 0 Å². The highest BCUT2D eigenvalue weighted by Gasteiger charge is 2.09.